The SMILES string of the molecule is Cc1ccc(CCC2C=CC(c3ccc(-c4ccc(C)cc4)cc3)CC2)cc1. The number of hydrogen-bond acceptors (Lipinski definition) is 0. The van der Waals surface area contributed by atoms with Crippen LogP contribution in [0.3, 0.4) is 0 Å². The van der Waals surface area contributed by atoms with Gasteiger partial charge in [0.1, 0.15) is 0 Å². The van der Waals surface area contributed by atoms with E-state index in [2.05, 4.69) is 98.8 Å². The van der Waals surface area contributed by atoms with Gasteiger partial charge in [-0.1, -0.05) is 96.1 Å². The average molecular weight is 367 g/mol. The molecule has 0 saturated carbocycles. The molecule has 2 atom stereocenters. The predicted molar refractivity (Wildman–Crippen MR) is 121 cm³/mol. The standard InChI is InChI=1S/C28H30/c1-21-3-7-23(8-4-21)9-10-24-11-15-26(16-12-24)28-19-17-27(18-20-28)25-13-5-22(2)6-14-25/h3-8,11,13-15,17-20,24,26H,9-10,12,16H2,1-2H3. The highest BCUT2D eigenvalue weighted by Gasteiger charge is 2.17. The lowest BCUT2D eigenvalue weighted by molar-refractivity contribution is 0.482. The molecule has 1 aliphatic carbocycles. The van der Waals surface area contributed by atoms with Crippen molar-refractivity contribution in [3.8, 4) is 11.1 Å². The zero-order valence-electron chi connectivity index (χ0n) is 17.1. The molecule has 0 bridgehead atoms. The van der Waals surface area contributed by atoms with Gasteiger partial charge in [-0.3, -0.25) is 0 Å². The molecule has 0 heterocycles. The zero-order valence-corrected chi connectivity index (χ0v) is 17.1. The lowest BCUT2D eigenvalue weighted by Gasteiger charge is -2.23. The zero-order chi connectivity index (χ0) is 19.3. The maximum Gasteiger partial charge on any atom is 0.00182 e. The van der Waals surface area contributed by atoms with Crippen molar-refractivity contribution in [3.05, 3.63) is 107 Å². The minimum atomic E-state index is 0.572. The summed E-state index contributed by atoms with van der Waals surface area (Å²) in [5, 5.41) is 0. The second-order valence-corrected chi connectivity index (χ2v) is 8.34. The normalized spacial score (nSPS) is 18.9. The van der Waals surface area contributed by atoms with Crippen LogP contribution in [0, 0.1) is 19.8 Å². The first kappa shape index (κ1) is 18.7. The van der Waals surface area contributed by atoms with Crippen LogP contribution in [0.25, 0.3) is 11.1 Å². The molecule has 3 aromatic carbocycles. The molecule has 0 saturated heterocycles. The van der Waals surface area contributed by atoms with E-state index in [0.717, 1.165) is 5.92 Å². The van der Waals surface area contributed by atoms with Gasteiger partial charge >= 0.3 is 0 Å². The number of aryl methyl sites for hydroxylation is 3. The van der Waals surface area contributed by atoms with Gasteiger partial charge in [0, 0.05) is 5.92 Å². The van der Waals surface area contributed by atoms with E-state index in [1.165, 1.54) is 59.1 Å². The topological polar surface area (TPSA) is 0 Å². The van der Waals surface area contributed by atoms with Crippen molar-refractivity contribution in [1.82, 2.24) is 0 Å². The molecule has 0 aliphatic heterocycles. The van der Waals surface area contributed by atoms with Crippen LogP contribution in [0.4, 0.5) is 0 Å². The Labute approximate surface area is 169 Å². The summed E-state index contributed by atoms with van der Waals surface area (Å²) in [4.78, 5) is 0. The third-order valence-electron chi connectivity index (χ3n) is 6.11. The fourth-order valence-corrected chi connectivity index (χ4v) is 4.17. The highest BCUT2D eigenvalue weighted by molar-refractivity contribution is 5.64. The Morgan fingerprint density at radius 3 is 1.79 bits per heavy atom. The Bertz CT molecular complexity index is 911. The van der Waals surface area contributed by atoms with E-state index in [0.29, 0.717) is 5.92 Å². The maximum atomic E-state index is 2.47. The molecule has 0 N–H and O–H groups in total. The molecule has 0 radical (unpaired) electrons. The molecule has 4 rings (SSSR count). The third kappa shape index (κ3) is 4.62. The summed E-state index contributed by atoms with van der Waals surface area (Å²) in [5.74, 6) is 1.30. The van der Waals surface area contributed by atoms with Gasteiger partial charge in [0.2, 0.25) is 0 Å². The molecule has 0 amide bonds. The van der Waals surface area contributed by atoms with E-state index in [-0.39, 0.29) is 0 Å². The summed E-state index contributed by atoms with van der Waals surface area (Å²) >= 11 is 0. The first-order valence-electron chi connectivity index (χ1n) is 10.6. The quantitative estimate of drug-likeness (QED) is 0.407. The third-order valence-corrected chi connectivity index (χ3v) is 6.11. The van der Waals surface area contributed by atoms with Crippen LogP contribution in [0.2, 0.25) is 0 Å². The lowest BCUT2D eigenvalue weighted by Crippen LogP contribution is -2.08. The molecule has 0 fully saturated rings. The van der Waals surface area contributed by atoms with Gasteiger partial charge in [-0.05, 0) is 67.7 Å². The lowest BCUT2D eigenvalue weighted by atomic mass is 9.82. The molecule has 0 aromatic heterocycles. The van der Waals surface area contributed by atoms with E-state index >= 15 is 0 Å². The van der Waals surface area contributed by atoms with Crippen LogP contribution >= 0.6 is 0 Å². The van der Waals surface area contributed by atoms with Gasteiger partial charge in [-0.15, -0.1) is 0 Å². The Hall–Kier alpha value is -2.60. The maximum absolute atomic E-state index is 2.47. The molecular formula is C28H30. The summed E-state index contributed by atoms with van der Waals surface area (Å²) in [6.45, 7) is 4.29. The molecule has 3 aromatic rings. The van der Waals surface area contributed by atoms with Gasteiger partial charge in [-0.25, -0.2) is 0 Å². The second kappa shape index (κ2) is 8.61. The van der Waals surface area contributed by atoms with Crippen molar-refractivity contribution in [1.29, 1.82) is 0 Å². The van der Waals surface area contributed by atoms with Crippen molar-refractivity contribution < 1.29 is 0 Å². The minimum Gasteiger partial charge on any atom is -0.0848 e. The highest BCUT2D eigenvalue weighted by Crippen LogP contribution is 2.33. The van der Waals surface area contributed by atoms with E-state index in [1.807, 2.05) is 0 Å². The van der Waals surface area contributed by atoms with Crippen molar-refractivity contribution in [3.63, 3.8) is 0 Å². The second-order valence-electron chi connectivity index (χ2n) is 8.34. The largest absolute Gasteiger partial charge is 0.0848 e. The Morgan fingerprint density at radius 2 is 1.21 bits per heavy atom. The van der Waals surface area contributed by atoms with Gasteiger partial charge in [0.25, 0.3) is 0 Å². The molecule has 0 heteroatoms. The first-order valence-corrected chi connectivity index (χ1v) is 10.6. The highest BCUT2D eigenvalue weighted by atomic mass is 14.2. The van der Waals surface area contributed by atoms with E-state index in [9.17, 15) is 0 Å². The van der Waals surface area contributed by atoms with E-state index in [4.69, 9.17) is 0 Å². The number of hydrogen-bond donors (Lipinski definition) is 0. The van der Waals surface area contributed by atoms with Crippen LogP contribution < -0.4 is 0 Å². The van der Waals surface area contributed by atoms with E-state index in [1.54, 1.807) is 0 Å². The van der Waals surface area contributed by atoms with Crippen molar-refractivity contribution in [2.24, 2.45) is 5.92 Å². The molecule has 0 nitrogen and oxygen atoms in total. The summed E-state index contributed by atoms with van der Waals surface area (Å²) < 4.78 is 0. The monoisotopic (exact) mass is 366 g/mol. The molecule has 28 heavy (non-hydrogen) atoms. The molecular weight excluding hydrogens is 336 g/mol. The smallest absolute Gasteiger partial charge is 0.00182 e. The van der Waals surface area contributed by atoms with Gasteiger partial charge in [0.15, 0.2) is 0 Å². The number of benzene rings is 3. The van der Waals surface area contributed by atoms with Gasteiger partial charge in [-0.2, -0.15) is 0 Å². The number of rotatable bonds is 5. The van der Waals surface area contributed by atoms with Crippen LogP contribution in [0.15, 0.2) is 84.9 Å². The average Bonchev–Trinajstić information content (AvgIpc) is 2.74. The fourth-order valence-electron chi connectivity index (χ4n) is 4.17. The Balaban J connectivity index is 1.35. The van der Waals surface area contributed by atoms with Crippen molar-refractivity contribution in [2.75, 3.05) is 0 Å². The predicted octanol–water partition coefficient (Wildman–Crippen LogP) is 7.65. The molecule has 142 valence electrons. The molecule has 1 aliphatic rings. The Kier molecular flexibility index (Phi) is 5.76. The Morgan fingerprint density at radius 1 is 0.643 bits per heavy atom. The van der Waals surface area contributed by atoms with Crippen LogP contribution in [-0.2, 0) is 6.42 Å². The molecule has 0 spiro atoms. The van der Waals surface area contributed by atoms with Gasteiger partial charge in [0.05, 0.1) is 0 Å². The van der Waals surface area contributed by atoms with Crippen LogP contribution in [0.5, 0.6) is 0 Å². The van der Waals surface area contributed by atoms with Crippen molar-refractivity contribution in [2.45, 2.75) is 45.4 Å². The van der Waals surface area contributed by atoms with Crippen LogP contribution in [-0.4, -0.2) is 0 Å². The van der Waals surface area contributed by atoms with E-state index < -0.39 is 0 Å². The summed E-state index contributed by atoms with van der Waals surface area (Å²) in [6.07, 6.45) is 9.93. The minimum absolute atomic E-state index is 0.572. The van der Waals surface area contributed by atoms with Crippen LogP contribution in [0.1, 0.15) is 47.4 Å². The summed E-state index contributed by atoms with van der Waals surface area (Å²) in [7, 11) is 0. The molecule has 2 unspecified atom stereocenters. The summed E-state index contributed by atoms with van der Waals surface area (Å²) in [5.41, 5.74) is 8.17. The number of allylic oxidation sites excluding steroid dienone is 2. The first-order chi connectivity index (χ1) is 13.7. The summed E-state index contributed by atoms with van der Waals surface area (Å²) in [6, 6.07) is 27.0. The van der Waals surface area contributed by atoms with Gasteiger partial charge < -0.3 is 0 Å². The fraction of sp³-hybridized carbons (Fsp3) is 0.286. The van der Waals surface area contributed by atoms with Crippen molar-refractivity contribution >= 4 is 0 Å².